The first kappa shape index (κ1) is 27.9. The Kier molecular flexibility index (Phi) is 7.94. The van der Waals surface area contributed by atoms with Gasteiger partial charge in [0, 0.05) is 49.4 Å². The first-order chi connectivity index (χ1) is 20.5. The summed E-state index contributed by atoms with van der Waals surface area (Å²) in [4.78, 5) is 30.4. The van der Waals surface area contributed by atoms with E-state index in [0.717, 1.165) is 35.7 Å². The van der Waals surface area contributed by atoms with Gasteiger partial charge in [0.1, 0.15) is 18.6 Å². The molecule has 0 radical (unpaired) electrons. The largest absolute Gasteiger partial charge is 0.462 e. The van der Waals surface area contributed by atoms with Gasteiger partial charge < -0.3 is 19.4 Å². The highest BCUT2D eigenvalue weighted by atomic mass is 19.1. The molecule has 0 spiro atoms. The topological polar surface area (TPSA) is 88.8 Å². The predicted octanol–water partition coefficient (Wildman–Crippen LogP) is 3.73. The minimum Gasteiger partial charge on any atom is -0.462 e. The summed E-state index contributed by atoms with van der Waals surface area (Å²) in [5.74, 6) is 0.605. The summed E-state index contributed by atoms with van der Waals surface area (Å²) < 4.78 is 20.7. The molecule has 0 N–H and O–H groups in total. The molecule has 2 saturated heterocycles. The molecule has 4 heterocycles. The molecule has 2 aromatic carbocycles. The van der Waals surface area contributed by atoms with Gasteiger partial charge in [-0.15, -0.1) is 0 Å². The van der Waals surface area contributed by atoms with Gasteiger partial charge >= 0.3 is 6.01 Å². The molecule has 218 valence electrons. The van der Waals surface area contributed by atoms with E-state index in [1.165, 1.54) is 16.8 Å². The minimum atomic E-state index is -0.948. The van der Waals surface area contributed by atoms with Crippen LogP contribution < -0.4 is 14.5 Å². The molecule has 3 aliphatic heterocycles. The molecule has 42 heavy (non-hydrogen) atoms. The van der Waals surface area contributed by atoms with Crippen LogP contribution in [-0.4, -0.2) is 90.3 Å². The first-order valence-electron chi connectivity index (χ1n) is 14.6. The number of alkyl halides is 1. The van der Waals surface area contributed by atoms with Gasteiger partial charge in [-0.3, -0.25) is 9.69 Å². The van der Waals surface area contributed by atoms with Crippen LogP contribution >= 0.6 is 0 Å². The van der Waals surface area contributed by atoms with E-state index in [4.69, 9.17) is 14.7 Å². The zero-order chi connectivity index (χ0) is 29.2. The molecule has 0 aliphatic carbocycles. The lowest BCUT2D eigenvalue weighted by molar-refractivity contribution is -0.128. The number of halogens is 1. The number of benzene rings is 2. The van der Waals surface area contributed by atoms with E-state index >= 15 is 0 Å². The number of nitrogens with zero attached hydrogens (tertiary/aromatic N) is 7. The highest BCUT2D eigenvalue weighted by Crippen LogP contribution is 2.35. The maximum atomic E-state index is 14.6. The Labute approximate surface area is 245 Å². The van der Waals surface area contributed by atoms with Crippen LogP contribution in [0.25, 0.3) is 10.8 Å². The fraction of sp³-hybridized carbons (Fsp3) is 0.438. The number of anilines is 2. The fourth-order valence-electron chi connectivity index (χ4n) is 6.49. The lowest BCUT2D eigenvalue weighted by Gasteiger charge is -2.42. The second-order valence-electron chi connectivity index (χ2n) is 11.3. The average Bonchev–Trinajstić information content (AvgIpc) is 3.34. The Balaban J connectivity index is 1.33. The first-order valence-corrected chi connectivity index (χ1v) is 14.6. The molecule has 3 aromatic rings. The standard InChI is InChI=1S/C32H36FN7O2/c1-3-30(41)40-18-17-39(19-23(40)11-14-34)31-25-12-16-38(28-10-6-8-22-7-4-5-9-24(22)28)20-27(25)35-32(36-31)42-21-29-26(33)13-15-37(29)2/h3-10,23,26,29H,1,11-13,15-21H2,2H3/t23?,26-,29-/m1/s1. The van der Waals surface area contributed by atoms with Gasteiger partial charge in [0.2, 0.25) is 5.91 Å². The lowest BCUT2D eigenvalue weighted by atomic mass is 10.0. The number of piperazine rings is 1. The zero-order valence-electron chi connectivity index (χ0n) is 24.0. The van der Waals surface area contributed by atoms with E-state index in [-0.39, 0.29) is 37.0 Å². The lowest BCUT2D eigenvalue weighted by Crippen LogP contribution is -2.55. The van der Waals surface area contributed by atoms with Crippen molar-refractivity contribution in [3.05, 3.63) is 66.4 Å². The summed E-state index contributed by atoms with van der Waals surface area (Å²) in [6, 6.07) is 16.6. The molecule has 9 nitrogen and oxygen atoms in total. The fourth-order valence-corrected chi connectivity index (χ4v) is 6.49. The van der Waals surface area contributed by atoms with Gasteiger partial charge in [0.05, 0.1) is 36.8 Å². The number of carbonyl (C=O) groups excluding carboxylic acids is 1. The number of aromatic nitrogens is 2. The Hall–Kier alpha value is -4.23. The van der Waals surface area contributed by atoms with Crippen LogP contribution in [0.15, 0.2) is 55.1 Å². The third-order valence-electron chi connectivity index (χ3n) is 8.82. The third kappa shape index (κ3) is 5.37. The van der Waals surface area contributed by atoms with Crippen LogP contribution in [0.1, 0.15) is 24.1 Å². The smallest absolute Gasteiger partial charge is 0.318 e. The van der Waals surface area contributed by atoms with E-state index < -0.39 is 6.17 Å². The summed E-state index contributed by atoms with van der Waals surface area (Å²) in [6.45, 7) is 7.38. The Morgan fingerprint density at radius 3 is 2.76 bits per heavy atom. The van der Waals surface area contributed by atoms with Crippen LogP contribution in [0.4, 0.5) is 15.9 Å². The average molecular weight is 570 g/mol. The van der Waals surface area contributed by atoms with Crippen molar-refractivity contribution in [2.45, 2.75) is 44.1 Å². The molecule has 0 saturated carbocycles. The van der Waals surface area contributed by atoms with Gasteiger partial charge in [-0.1, -0.05) is 43.0 Å². The van der Waals surface area contributed by atoms with E-state index in [1.54, 1.807) is 4.90 Å². The van der Waals surface area contributed by atoms with Crippen LogP contribution in [0.5, 0.6) is 6.01 Å². The van der Waals surface area contributed by atoms with E-state index in [9.17, 15) is 14.4 Å². The van der Waals surface area contributed by atoms with Gasteiger partial charge in [0.15, 0.2) is 0 Å². The summed E-state index contributed by atoms with van der Waals surface area (Å²) in [6.07, 6.45) is 1.80. The number of fused-ring (bicyclic) bond motifs is 2. The van der Waals surface area contributed by atoms with Gasteiger partial charge in [0.25, 0.3) is 0 Å². The number of nitriles is 1. The van der Waals surface area contributed by atoms with Crippen molar-refractivity contribution in [1.29, 1.82) is 5.26 Å². The van der Waals surface area contributed by atoms with Crippen molar-refractivity contribution in [3.63, 3.8) is 0 Å². The van der Waals surface area contributed by atoms with E-state index in [0.29, 0.717) is 39.1 Å². The Morgan fingerprint density at radius 1 is 1.14 bits per heavy atom. The number of amides is 1. The number of likely N-dealkylation sites (N-methyl/N-ethyl adjacent to an activating group) is 1. The summed E-state index contributed by atoms with van der Waals surface area (Å²) in [5, 5.41) is 11.9. The monoisotopic (exact) mass is 569 g/mol. The maximum absolute atomic E-state index is 14.6. The summed E-state index contributed by atoms with van der Waals surface area (Å²) >= 11 is 0. The molecule has 3 aliphatic rings. The molecule has 0 bridgehead atoms. The van der Waals surface area contributed by atoms with Crippen LogP contribution in [0.2, 0.25) is 0 Å². The molecule has 1 amide bonds. The van der Waals surface area contributed by atoms with Crippen molar-refractivity contribution in [3.8, 4) is 12.1 Å². The van der Waals surface area contributed by atoms with Crippen LogP contribution in [0, 0.1) is 11.3 Å². The van der Waals surface area contributed by atoms with Crippen LogP contribution in [0.3, 0.4) is 0 Å². The highest BCUT2D eigenvalue weighted by Gasteiger charge is 2.35. The molecular formula is C32H36FN7O2. The number of hydrogen-bond donors (Lipinski definition) is 0. The maximum Gasteiger partial charge on any atom is 0.318 e. The minimum absolute atomic E-state index is 0.168. The van der Waals surface area contributed by atoms with Gasteiger partial charge in [-0.25, -0.2) is 4.39 Å². The van der Waals surface area contributed by atoms with Crippen LogP contribution in [-0.2, 0) is 17.8 Å². The SMILES string of the molecule is C=CC(=O)N1CCN(c2nc(OC[C@@H]3[C@H](F)CCN3C)nc3c2CCN(c2cccc4ccccc24)C3)CC1CC#N. The van der Waals surface area contributed by atoms with Gasteiger partial charge in [-0.2, -0.15) is 15.2 Å². The van der Waals surface area contributed by atoms with E-state index in [2.05, 4.69) is 58.8 Å². The van der Waals surface area contributed by atoms with Crippen molar-refractivity contribution in [1.82, 2.24) is 19.8 Å². The molecular weight excluding hydrogens is 533 g/mol. The second kappa shape index (κ2) is 11.9. The zero-order valence-corrected chi connectivity index (χ0v) is 24.0. The second-order valence-corrected chi connectivity index (χ2v) is 11.3. The predicted molar refractivity (Wildman–Crippen MR) is 160 cm³/mol. The molecule has 3 atom stereocenters. The molecule has 2 fully saturated rings. The van der Waals surface area contributed by atoms with Crippen molar-refractivity contribution in [2.24, 2.45) is 0 Å². The molecule has 6 rings (SSSR count). The number of rotatable bonds is 7. The number of likely N-dealkylation sites (tertiary alicyclic amines) is 1. The Morgan fingerprint density at radius 2 is 1.98 bits per heavy atom. The summed E-state index contributed by atoms with van der Waals surface area (Å²) in [5.41, 5.74) is 3.09. The molecule has 10 heteroatoms. The third-order valence-corrected chi connectivity index (χ3v) is 8.82. The molecule has 1 aromatic heterocycles. The quantitative estimate of drug-likeness (QED) is 0.398. The van der Waals surface area contributed by atoms with Crippen molar-refractivity contribution < 1.29 is 13.9 Å². The Bertz CT molecular complexity index is 1510. The summed E-state index contributed by atoms with van der Waals surface area (Å²) in [7, 11) is 1.91. The normalized spacial score (nSPS) is 22.6. The number of ether oxygens (including phenoxy) is 1. The highest BCUT2D eigenvalue weighted by molar-refractivity contribution is 5.94. The number of hydrogen-bond acceptors (Lipinski definition) is 8. The van der Waals surface area contributed by atoms with Crippen molar-refractivity contribution in [2.75, 3.05) is 56.2 Å². The molecule has 1 unspecified atom stereocenters. The number of carbonyl (C=O) groups is 1. The van der Waals surface area contributed by atoms with Crippen molar-refractivity contribution >= 4 is 28.2 Å². The van der Waals surface area contributed by atoms with Gasteiger partial charge in [-0.05, 0) is 37.4 Å². The van der Waals surface area contributed by atoms with E-state index in [1.807, 2.05) is 18.0 Å².